The topological polar surface area (TPSA) is 65.1 Å². The molecule has 1 aliphatic carbocycles. The first-order chi connectivity index (χ1) is 13.1. The highest BCUT2D eigenvalue weighted by Crippen LogP contribution is 2.44. The summed E-state index contributed by atoms with van der Waals surface area (Å²) in [7, 11) is 2.74. The lowest BCUT2D eigenvalue weighted by molar-refractivity contribution is -0.145. The minimum atomic E-state index is -0.617. The van der Waals surface area contributed by atoms with Crippen LogP contribution in [0.25, 0.3) is 0 Å². The SMILES string of the molecule is COC(=O)C1=C(C)C=C(N2CCOCC2)[C@H](C(=O)OC)[C@@H]1c1ccccc1. The Morgan fingerprint density at radius 2 is 1.74 bits per heavy atom. The molecule has 3 rings (SSSR count). The second-order valence-corrected chi connectivity index (χ2v) is 6.65. The zero-order chi connectivity index (χ0) is 19.4. The maximum absolute atomic E-state index is 12.9. The van der Waals surface area contributed by atoms with Crippen molar-refractivity contribution >= 4 is 11.9 Å². The molecule has 27 heavy (non-hydrogen) atoms. The third-order valence-corrected chi connectivity index (χ3v) is 5.15. The Morgan fingerprint density at radius 3 is 2.33 bits per heavy atom. The van der Waals surface area contributed by atoms with Gasteiger partial charge in [0.25, 0.3) is 0 Å². The van der Waals surface area contributed by atoms with Crippen LogP contribution in [0, 0.1) is 5.92 Å². The minimum Gasteiger partial charge on any atom is -0.468 e. The van der Waals surface area contributed by atoms with Crippen molar-refractivity contribution in [2.45, 2.75) is 12.8 Å². The van der Waals surface area contributed by atoms with Crippen molar-refractivity contribution < 1.29 is 23.8 Å². The van der Waals surface area contributed by atoms with Crippen molar-refractivity contribution in [1.29, 1.82) is 0 Å². The second-order valence-electron chi connectivity index (χ2n) is 6.65. The van der Waals surface area contributed by atoms with Crippen LogP contribution in [0.15, 0.2) is 53.3 Å². The van der Waals surface area contributed by atoms with E-state index in [4.69, 9.17) is 14.2 Å². The van der Waals surface area contributed by atoms with Crippen molar-refractivity contribution in [2.24, 2.45) is 5.92 Å². The van der Waals surface area contributed by atoms with Crippen LogP contribution < -0.4 is 0 Å². The van der Waals surface area contributed by atoms with Crippen molar-refractivity contribution in [3.8, 4) is 0 Å². The molecule has 0 spiro atoms. The fourth-order valence-electron chi connectivity index (χ4n) is 3.88. The Morgan fingerprint density at radius 1 is 1.07 bits per heavy atom. The largest absolute Gasteiger partial charge is 0.468 e. The summed E-state index contributed by atoms with van der Waals surface area (Å²) in [6, 6.07) is 9.58. The molecule has 0 bridgehead atoms. The van der Waals surface area contributed by atoms with Gasteiger partial charge >= 0.3 is 11.9 Å². The monoisotopic (exact) mass is 371 g/mol. The number of hydrogen-bond acceptors (Lipinski definition) is 6. The molecule has 1 aromatic rings. The van der Waals surface area contributed by atoms with E-state index in [9.17, 15) is 9.59 Å². The molecular weight excluding hydrogens is 346 g/mol. The second kappa shape index (κ2) is 8.39. The summed E-state index contributed by atoms with van der Waals surface area (Å²) in [5, 5.41) is 0. The Labute approximate surface area is 159 Å². The lowest BCUT2D eigenvalue weighted by Gasteiger charge is -2.40. The van der Waals surface area contributed by atoms with Gasteiger partial charge in [0, 0.05) is 30.3 Å². The molecule has 0 aromatic heterocycles. The molecule has 2 atom stereocenters. The van der Waals surface area contributed by atoms with Gasteiger partial charge in [-0.05, 0) is 24.1 Å². The van der Waals surface area contributed by atoms with Gasteiger partial charge in [-0.3, -0.25) is 4.79 Å². The quantitative estimate of drug-likeness (QED) is 0.757. The van der Waals surface area contributed by atoms with Gasteiger partial charge in [-0.15, -0.1) is 0 Å². The van der Waals surface area contributed by atoms with Crippen molar-refractivity contribution in [3.63, 3.8) is 0 Å². The van der Waals surface area contributed by atoms with E-state index in [-0.39, 0.29) is 5.97 Å². The van der Waals surface area contributed by atoms with Crippen LogP contribution in [0.2, 0.25) is 0 Å². The summed E-state index contributed by atoms with van der Waals surface area (Å²) in [6.45, 7) is 4.49. The smallest absolute Gasteiger partial charge is 0.334 e. The summed E-state index contributed by atoms with van der Waals surface area (Å²) in [4.78, 5) is 27.6. The van der Waals surface area contributed by atoms with Gasteiger partial charge in [0.05, 0.1) is 27.4 Å². The molecule has 6 heteroatoms. The Bertz CT molecular complexity index is 762. The van der Waals surface area contributed by atoms with Crippen LogP contribution in [0.5, 0.6) is 0 Å². The van der Waals surface area contributed by atoms with Crippen LogP contribution in [0.3, 0.4) is 0 Å². The number of nitrogens with zero attached hydrogens (tertiary/aromatic N) is 1. The number of carbonyl (C=O) groups is 2. The first-order valence-corrected chi connectivity index (χ1v) is 9.04. The predicted octanol–water partition coefficient (Wildman–Crippen LogP) is 2.28. The van der Waals surface area contributed by atoms with E-state index in [1.54, 1.807) is 0 Å². The van der Waals surface area contributed by atoms with Gasteiger partial charge in [-0.1, -0.05) is 30.3 Å². The highest BCUT2D eigenvalue weighted by molar-refractivity contribution is 5.94. The minimum absolute atomic E-state index is 0.365. The fraction of sp³-hybridized carbons (Fsp3) is 0.429. The molecule has 0 amide bonds. The van der Waals surface area contributed by atoms with Crippen LogP contribution in [0.4, 0.5) is 0 Å². The van der Waals surface area contributed by atoms with Crippen LogP contribution in [-0.2, 0) is 23.8 Å². The van der Waals surface area contributed by atoms with E-state index >= 15 is 0 Å². The molecule has 144 valence electrons. The number of ether oxygens (including phenoxy) is 3. The van der Waals surface area contributed by atoms with Gasteiger partial charge in [-0.25, -0.2) is 4.79 Å². The van der Waals surface area contributed by atoms with Gasteiger partial charge in [-0.2, -0.15) is 0 Å². The summed E-state index contributed by atoms with van der Waals surface area (Å²) < 4.78 is 15.6. The third kappa shape index (κ3) is 3.76. The molecule has 0 N–H and O–H groups in total. The zero-order valence-corrected chi connectivity index (χ0v) is 15.9. The fourth-order valence-corrected chi connectivity index (χ4v) is 3.88. The Hall–Kier alpha value is -2.60. The molecule has 0 unspecified atom stereocenters. The number of hydrogen-bond donors (Lipinski definition) is 0. The summed E-state index contributed by atoms with van der Waals surface area (Å²) in [5.74, 6) is -1.87. The van der Waals surface area contributed by atoms with Gasteiger partial charge in [0.1, 0.15) is 5.92 Å². The average Bonchev–Trinajstić information content (AvgIpc) is 2.73. The average molecular weight is 371 g/mol. The highest BCUT2D eigenvalue weighted by atomic mass is 16.5. The number of allylic oxidation sites excluding steroid dienone is 2. The van der Waals surface area contributed by atoms with E-state index in [1.807, 2.05) is 43.3 Å². The van der Waals surface area contributed by atoms with Gasteiger partial charge in [0.15, 0.2) is 0 Å². The third-order valence-electron chi connectivity index (χ3n) is 5.15. The molecule has 0 saturated carbocycles. The zero-order valence-electron chi connectivity index (χ0n) is 15.9. The lowest BCUT2D eigenvalue weighted by Crippen LogP contribution is -2.43. The van der Waals surface area contributed by atoms with E-state index in [0.717, 1.165) is 16.8 Å². The number of benzene rings is 1. The maximum Gasteiger partial charge on any atom is 0.334 e. The van der Waals surface area contributed by atoms with Gasteiger partial charge in [0.2, 0.25) is 0 Å². The maximum atomic E-state index is 12.9. The number of methoxy groups -OCH3 is 2. The Balaban J connectivity index is 2.17. The first-order valence-electron chi connectivity index (χ1n) is 9.04. The molecule has 1 fully saturated rings. The van der Waals surface area contributed by atoms with E-state index < -0.39 is 17.8 Å². The van der Waals surface area contributed by atoms with Crippen LogP contribution >= 0.6 is 0 Å². The van der Waals surface area contributed by atoms with Gasteiger partial charge < -0.3 is 19.1 Å². The van der Waals surface area contributed by atoms with Crippen LogP contribution in [0.1, 0.15) is 18.4 Å². The Kier molecular flexibility index (Phi) is 5.96. The van der Waals surface area contributed by atoms with E-state index in [0.29, 0.717) is 31.9 Å². The van der Waals surface area contributed by atoms with E-state index in [2.05, 4.69) is 4.90 Å². The molecule has 1 aliphatic heterocycles. The standard InChI is InChI=1S/C21H25NO5/c1-14-13-16(22-9-11-27-12-10-22)19(21(24)26-3)18(17(14)20(23)25-2)15-7-5-4-6-8-15/h4-8,13,18-19H,9-12H2,1-3H3/t18-,19+/m1/s1. The normalized spacial score (nSPS) is 22.9. The number of esters is 2. The van der Waals surface area contributed by atoms with Crippen molar-refractivity contribution in [2.75, 3.05) is 40.5 Å². The molecule has 2 aliphatic rings. The van der Waals surface area contributed by atoms with Crippen molar-refractivity contribution in [1.82, 2.24) is 4.90 Å². The number of rotatable bonds is 4. The predicted molar refractivity (Wildman–Crippen MR) is 99.9 cm³/mol. The summed E-state index contributed by atoms with van der Waals surface area (Å²) in [6.07, 6.45) is 1.92. The molecular formula is C21H25NO5. The molecule has 1 heterocycles. The molecule has 1 saturated heterocycles. The number of morpholine rings is 1. The van der Waals surface area contributed by atoms with Crippen molar-refractivity contribution in [3.05, 3.63) is 58.8 Å². The molecule has 0 radical (unpaired) electrons. The lowest BCUT2D eigenvalue weighted by atomic mass is 9.73. The molecule has 1 aromatic carbocycles. The molecule has 6 nitrogen and oxygen atoms in total. The van der Waals surface area contributed by atoms with Crippen LogP contribution in [-0.4, -0.2) is 57.4 Å². The first kappa shape index (κ1) is 19.2. The number of carbonyl (C=O) groups excluding carboxylic acids is 2. The summed E-state index contributed by atoms with van der Waals surface area (Å²) in [5.41, 5.74) is 3.05. The summed E-state index contributed by atoms with van der Waals surface area (Å²) >= 11 is 0. The highest BCUT2D eigenvalue weighted by Gasteiger charge is 2.43. The van der Waals surface area contributed by atoms with E-state index in [1.165, 1.54) is 14.2 Å².